The number of rotatable bonds is 3. The molecule has 156 valence electrons. The van der Waals surface area contributed by atoms with E-state index in [-0.39, 0.29) is 0 Å². The molecule has 0 aliphatic carbocycles. The van der Waals surface area contributed by atoms with Gasteiger partial charge in [0.15, 0.2) is 0 Å². The van der Waals surface area contributed by atoms with Gasteiger partial charge < -0.3 is 0 Å². The van der Waals surface area contributed by atoms with Crippen molar-refractivity contribution in [1.29, 1.82) is 0 Å². The number of benzene rings is 5. The Morgan fingerprint density at radius 2 is 1.12 bits per heavy atom. The molecule has 0 spiro atoms. The van der Waals surface area contributed by atoms with Crippen molar-refractivity contribution in [3.8, 4) is 33.5 Å². The Hall–Kier alpha value is -4.30. The van der Waals surface area contributed by atoms with Crippen molar-refractivity contribution in [2.24, 2.45) is 0 Å². The smallest absolute Gasteiger partial charge is 0.126 e. The van der Waals surface area contributed by atoms with Gasteiger partial charge in [-0.05, 0) is 40.5 Å². The first-order valence-electron chi connectivity index (χ1n) is 11.2. The van der Waals surface area contributed by atoms with Crippen LogP contribution in [-0.2, 0) is 0 Å². The van der Waals surface area contributed by atoms with Crippen molar-refractivity contribution < 1.29 is 0 Å². The molecular formula is C31H22N2. The molecule has 0 unspecified atom stereocenters. The summed E-state index contributed by atoms with van der Waals surface area (Å²) in [5, 5.41) is 3.46. The van der Waals surface area contributed by atoms with Gasteiger partial charge in [0.2, 0.25) is 0 Å². The third kappa shape index (κ3) is 3.37. The van der Waals surface area contributed by atoms with E-state index in [1.165, 1.54) is 27.5 Å². The Bertz CT molecular complexity index is 1600. The second-order valence-electron chi connectivity index (χ2n) is 8.27. The molecule has 0 atom stereocenters. The molecule has 33 heavy (non-hydrogen) atoms. The summed E-state index contributed by atoms with van der Waals surface area (Å²) < 4.78 is 0. The molecule has 1 heterocycles. The number of aryl methyl sites for hydroxylation is 1. The molecule has 0 saturated heterocycles. The molecule has 1 aromatic heterocycles. The summed E-state index contributed by atoms with van der Waals surface area (Å²) >= 11 is 0. The van der Waals surface area contributed by atoms with E-state index in [2.05, 4.69) is 109 Å². The summed E-state index contributed by atoms with van der Waals surface area (Å²) in [6.45, 7) is 1.98. The van der Waals surface area contributed by atoms with Crippen LogP contribution in [0.3, 0.4) is 0 Å². The van der Waals surface area contributed by atoms with E-state index >= 15 is 0 Å². The first-order chi connectivity index (χ1) is 16.3. The summed E-state index contributed by atoms with van der Waals surface area (Å²) in [6.07, 6.45) is 0. The van der Waals surface area contributed by atoms with Crippen molar-refractivity contribution in [3.05, 3.63) is 121 Å². The highest BCUT2D eigenvalue weighted by atomic mass is 14.9. The topological polar surface area (TPSA) is 25.8 Å². The summed E-state index contributed by atoms with van der Waals surface area (Å²) in [7, 11) is 0. The minimum Gasteiger partial charge on any atom is -0.233 e. The second-order valence-corrected chi connectivity index (χ2v) is 8.27. The van der Waals surface area contributed by atoms with Gasteiger partial charge in [-0.25, -0.2) is 9.97 Å². The average Bonchev–Trinajstić information content (AvgIpc) is 2.88. The molecule has 0 radical (unpaired) electrons. The summed E-state index contributed by atoms with van der Waals surface area (Å²) in [5.74, 6) is 0.773. The first kappa shape index (κ1) is 19.4. The van der Waals surface area contributed by atoms with Gasteiger partial charge in [0.05, 0.1) is 11.2 Å². The maximum absolute atomic E-state index is 5.01. The molecule has 0 N–H and O–H groups in total. The third-order valence-corrected chi connectivity index (χ3v) is 6.16. The molecule has 0 saturated carbocycles. The van der Waals surface area contributed by atoms with Crippen LogP contribution in [0.15, 0.2) is 115 Å². The number of fused-ring (bicyclic) bond motifs is 3. The largest absolute Gasteiger partial charge is 0.233 e. The SMILES string of the molecule is Cc1nc(-c2ccccc2)c2c(n1)c(-c1ccccc1-c1ccccc1)cc1ccccc12. The number of aromatic nitrogens is 2. The number of hydrogen-bond acceptors (Lipinski definition) is 2. The zero-order chi connectivity index (χ0) is 22.2. The van der Waals surface area contributed by atoms with Crippen molar-refractivity contribution in [2.75, 3.05) is 0 Å². The average molecular weight is 423 g/mol. The van der Waals surface area contributed by atoms with E-state index in [4.69, 9.17) is 9.97 Å². The van der Waals surface area contributed by atoms with Gasteiger partial charge in [-0.15, -0.1) is 0 Å². The standard InChI is InChI=1S/C31H22N2/c1-21-32-30(23-14-6-3-7-15-23)29-26-18-9-8-16-24(26)20-28(31(29)33-21)27-19-11-10-17-25(27)22-12-4-2-5-13-22/h2-20H,1H3. The fraction of sp³-hybridized carbons (Fsp3) is 0.0323. The molecule has 0 aliphatic rings. The summed E-state index contributed by atoms with van der Waals surface area (Å²) in [6, 6.07) is 40.4. The second kappa shape index (κ2) is 7.99. The van der Waals surface area contributed by atoms with Crippen LogP contribution < -0.4 is 0 Å². The molecule has 2 nitrogen and oxygen atoms in total. The maximum atomic E-state index is 5.01. The van der Waals surface area contributed by atoms with Crippen LogP contribution in [0.2, 0.25) is 0 Å². The minimum atomic E-state index is 0.773. The lowest BCUT2D eigenvalue weighted by Gasteiger charge is -2.16. The van der Waals surface area contributed by atoms with Crippen LogP contribution >= 0.6 is 0 Å². The van der Waals surface area contributed by atoms with E-state index in [0.717, 1.165) is 33.5 Å². The van der Waals surface area contributed by atoms with Crippen LogP contribution in [0.4, 0.5) is 0 Å². The van der Waals surface area contributed by atoms with Crippen molar-refractivity contribution in [3.63, 3.8) is 0 Å². The fourth-order valence-corrected chi connectivity index (χ4v) is 4.69. The van der Waals surface area contributed by atoms with Gasteiger partial charge >= 0.3 is 0 Å². The van der Waals surface area contributed by atoms with E-state index in [0.29, 0.717) is 0 Å². The highest BCUT2D eigenvalue weighted by Gasteiger charge is 2.18. The Balaban J connectivity index is 1.77. The van der Waals surface area contributed by atoms with Crippen molar-refractivity contribution in [2.45, 2.75) is 6.92 Å². The molecule has 0 bridgehead atoms. The zero-order valence-electron chi connectivity index (χ0n) is 18.4. The van der Waals surface area contributed by atoms with Crippen molar-refractivity contribution in [1.82, 2.24) is 9.97 Å². The summed E-state index contributed by atoms with van der Waals surface area (Å²) in [5.41, 5.74) is 7.78. The lowest BCUT2D eigenvalue weighted by Crippen LogP contribution is -1.98. The van der Waals surface area contributed by atoms with Crippen LogP contribution in [0.1, 0.15) is 5.82 Å². The zero-order valence-corrected chi connectivity index (χ0v) is 18.4. The molecule has 5 aromatic carbocycles. The Kier molecular flexibility index (Phi) is 4.70. The van der Waals surface area contributed by atoms with Gasteiger partial charge in [0.25, 0.3) is 0 Å². The Morgan fingerprint density at radius 1 is 0.515 bits per heavy atom. The molecule has 0 aliphatic heterocycles. The highest BCUT2D eigenvalue weighted by molar-refractivity contribution is 6.17. The maximum Gasteiger partial charge on any atom is 0.126 e. The lowest BCUT2D eigenvalue weighted by molar-refractivity contribution is 1.10. The van der Waals surface area contributed by atoms with E-state index < -0.39 is 0 Å². The lowest BCUT2D eigenvalue weighted by atomic mass is 9.90. The number of nitrogens with zero attached hydrogens (tertiary/aromatic N) is 2. The Morgan fingerprint density at radius 3 is 1.88 bits per heavy atom. The normalized spacial score (nSPS) is 11.2. The number of hydrogen-bond donors (Lipinski definition) is 0. The van der Waals surface area contributed by atoms with Crippen molar-refractivity contribution >= 4 is 21.7 Å². The first-order valence-corrected chi connectivity index (χ1v) is 11.2. The predicted molar refractivity (Wildman–Crippen MR) is 138 cm³/mol. The quantitative estimate of drug-likeness (QED) is 0.269. The van der Waals surface area contributed by atoms with Gasteiger partial charge in [-0.3, -0.25) is 0 Å². The van der Waals surface area contributed by atoms with E-state index in [1.807, 2.05) is 13.0 Å². The van der Waals surface area contributed by atoms with Crippen LogP contribution in [-0.4, -0.2) is 9.97 Å². The molecule has 2 heteroatoms. The molecule has 6 aromatic rings. The van der Waals surface area contributed by atoms with Gasteiger partial charge in [-0.2, -0.15) is 0 Å². The predicted octanol–water partition coefficient (Wildman–Crippen LogP) is 8.09. The molecule has 0 amide bonds. The third-order valence-electron chi connectivity index (χ3n) is 6.16. The highest BCUT2D eigenvalue weighted by Crippen LogP contribution is 2.41. The monoisotopic (exact) mass is 422 g/mol. The van der Waals surface area contributed by atoms with Gasteiger partial charge in [0, 0.05) is 16.5 Å². The van der Waals surface area contributed by atoms with E-state index in [9.17, 15) is 0 Å². The molecular weight excluding hydrogens is 400 g/mol. The molecule has 0 fully saturated rings. The summed E-state index contributed by atoms with van der Waals surface area (Å²) in [4.78, 5) is 9.94. The van der Waals surface area contributed by atoms with Crippen LogP contribution in [0.25, 0.3) is 55.2 Å². The van der Waals surface area contributed by atoms with E-state index in [1.54, 1.807) is 0 Å². The van der Waals surface area contributed by atoms with Crippen LogP contribution in [0, 0.1) is 6.92 Å². The van der Waals surface area contributed by atoms with Gasteiger partial charge in [-0.1, -0.05) is 109 Å². The molecule has 6 rings (SSSR count). The van der Waals surface area contributed by atoms with Crippen LogP contribution in [0.5, 0.6) is 0 Å². The van der Waals surface area contributed by atoms with Gasteiger partial charge in [0.1, 0.15) is 5.82 Å². The fourth-order valence-electron chi connectivity index (χ4n) is 4.69. The minimum absolute atomic E-state index is 0.773. The Labute approximate surface area is 193 Å².